The molecule has 0 atom stereocenters. The van der Waals surface area contributed by atoms with Crippen molar-refractivity contribution in [3.8, 4) is 0 Å². The van der Waals surface area contributed by atoms with E-state index in [9.17, 15) is 4.79 Å². The zero-order chi connectivity index (χ0) is 13.7. The Bertz CT molecular complexity index is 403. The van der Waals surface area contributed by atoms with E-state index in [0.717, 1.165) is 44.5 Å². The molecule has 0 bridgehead atoms. The number of piperidine rings is 1. The standard InChI is InChI=1S/C15H25N3O/c1-3-14(4-2)18-10-7-13(17-18)11-15(19)12-5-8-16-9-6-12/h7,10,12,14,16H,3-6,8-9,11H2,1-2H3. The number of hydrogen-bond donors (Lipinski definition) is 1. The number of aromatic nitrogens is 2. The molecular weight excluding hydrogens is 238 g/mol. The quantitative estimate of drug-likeness (QED) is 0.857. The zero-order valence-electron chi connectivity index (χ0n) is 12.1. The van der Waals surface area contributed by atoms with E-state index < -0.39 is 0 Å². The van der Waals surface area contributed by atoms with Gasteiger partial charge in [0.05, 0.1) is 18.2 Å². The van der Waals surface area contributed by atoms with Crippen LogP contribution in [-0.2, 0) is 11.2 Å². The summed E-state index contributed by atoms with van der Waals surface area (Å²) in [5.41, 5.74) is 0.926. The minimum absolute atomic E-state index is 0.236. The molecule has 0 saturated carbocycles. The SMILES string of the molecule is CCC(CC)n1ccc(CC(=O)C2CCNCC2)n1. The van der Waals surface area contributed by atoms with E-state index in [-0.39, 0.29) is 5.92 Å². The van der Waals surface area contributed by atoms with Crippen LogP contribution < -0.4 is 5.32 Å². The maximum atomic E-state index is 12.2. The largest absolute Gasteiger partial charge is 0.317 e. The van der Waals surface area contributed by atoms with E-state index in [1.165, 1.54) is 0 Å². The lowest BCUT2D eigenvalue weighted by Gasteiger charge is -2.20. The fourth-order valence-corrected chi connectivity index (χ4v) is 2.80. The molecular formula is C15H25N3O. The maximum absolute atomic E-state index is 12.2. The predicted molar refractivity (Wildman–Crippen MR) is 76.2 cm³/mol. The van der Waals surface area contributed by atoms with Crippen molar-refractivity contribution in [2.45, 2.75) is 52.0 Å². The topological polar surface area (TPSA) is 46.9 Å². The zero-order valence-corrected chi connectivity index (χ0v) is 12.1. The normalized spacial score (nSPS) is 17.0. The van der Waals surface area contributed by atoms with Crippen LogP contribution in [0, 0.1) is 5.92 Å². The van der Waals surface area contributed by atoms with Crippen molar-refractivity contribution < 1.29 is 4.79 Å². The smallest absolute Gasteiger partial charge is 0.142 e. The molecule has 1 aromatic heterocycles. The Morgan fingerprint density at radius 1 is 1.42 bits per heavy atom. The molecule has 1 saturated heterocycles. The molecule has 0 radical (unpaired) electrons. The van der Waals surface area contributed by atoms with Gasteiger partial charge in [0.2, 0.25) is 0 Å². The van der Waals surface area contributed by atoms with Gasteiger partial charge in [-0.25, -0.2) is 0 Å². The lowest BCUT2D eigenvalue weighted by atomic mass is 9.91. The van der Waals surface area contributed by atoms with Crippen molar-refractivity contribution >= 4 is 5.78 Å². The molecule has 1 aliphatic rings. The summed E-state index contributed by atoms with van der Waals surface area (Å²) in [7, 11) is 0. The number of ketones is 1. The number of carbonyl (C=O) groups excluding carboxylic acids is 1. The molecule has 19 heavy (non-hydrogen) atoms. The van der Waals surface area contributed by atoms with Crippen LogP contribution >= 0.6 is 0 Å². The Hall–Kier alpha value is -1.16. The predicted octanol–water partition coefficient (Wildman–Crippen LogP) is 2.36. The third-order valence-electron chi connectivity index (χ3n) is 4.13. The number of carbonyl (C=O) groups is 1. The van der Waals surface area contributed by atoms with E-state index in [4.69, 9.17) is 0 Å². The summed E-state index contributed by atoms with van der Waals surface area (Å²) < 4.78 is 2.02. The first kappa shape index (κ1) is 14.3. The van der Waals surface area contributed by atoms with E-state index in [0.29, 0.717) is 18.2 Å². The van der Waals surface area contributed by atoms with Crippen molar-refractivity contribution in [2.75, 3.05) is 13.1 Å². The van der Waals surface area contributed by atoms with Gasteiger partial charge in [0.15, 0.2) is 0 Å². The third kappa shape index (κ3) is 3.66. The van der Waals surface area contributed by atoms with E-state index in [2.05, 4.69) is 24.3 Å². The van der Waals surface area contributed by atoms with E-state index in [1.807, 2.05) is 16.9 Å². The van der Waals surface area contributed by atoms with Crippen molar-refractivity contribution in [2.24, 2.45) is 5.92 Å². The third-order valence-corrected chi connectivity index (χ3v) is 4.13. The molecule has 1 aliphatic heterocycles. The first-order valence-electron chi connectivity index (χ1n) is 7.52. The highest BCUT2D eigenvalue weighted by Crippen LogP contribution is 2.17. The van der Waals surface area contributed by atoms with E-state index >= 15 is 0 Å². The summed E-state index contributed by atoms with van der Waals surface area (Å²) in [6.45, 7) is 6.29. The molecule has 0 aliphatic carbocycles. The molecule has 4 nitrogen and oxygen atoms in total. The molecule has 1 aromatic rings. The number of hydrogen-bond acceptors (Lipinski definition) is 3. The van der Waals surface area contributed by atoms with Gasteiger partial charge in [-0.2, -0.15) is 5.10 Å². The van der Waals surface area contributed by atoms with Crippen molar-refractivity contribution in [3.63, 3.8) is 0 Å². The number of rotatable bonds is 6. The van der Waals surface area contributed by atoms with Gasteiger partial charge in [-0.05, 0) is 44.8 Å². The summed E-state index contributed by atoms with van der Waals surface area (Å²) in [5.74, 6) is 0.593. The minimum Gasteiger partial charge on any atom is -0.317 e. The molecule has 0 spiro atoms. The second kappa shape index (κ2) is 6.85. The Kier molecular flexibility index (Phi) is 5.14. The highest BCUT2D eigenvalue weighted by atomic mass is 16.1. The molecule has 0 unspecified atom stereocenters. The highest BCUT2D eigenvalue weighted by Gasteiger charge is 2.21. The Morgan fingerprint density at radius 2 is 2.11 bits per heavy atom. The summed E-state index contributed by atoms with van der Waals surface area (Å²) in [4.78, 5) is 12.2. The number of nitrogens with one attached hydrogen (secondary N) is 1. The molecule has 4 heteroatoms. The molecule has 0 amide bonds. The van der Waals surface area contributed by atoms with Crippen LogP contribution in [0.4, 0.5) is 0 Å². The van der Waals surface area contributed by atoms with Gasteiger partial charge in [-0.15, -0.1) is 0 Å². The van der Waals surface area contributed by atoms with Crippen molar-refractivity contribution in [3.05, 3.63) is 18.0 Å². The fraction of sp³-hybridized carbons (Fsp3) is 0.733. The minimum atomic E-state index is 0.236. The summed E-state index contributed by atoms with van der Waals surface area (Å²) >= 11 is 0. The molecule has 106 valence electrons. The first-order chi connectivity index (χ1) is 9.24. The van der Waals surface area contributed by atoms with Crippen LogP contribution in [0.15, 0.2) is 12.3 Å². The fourth-order valence-electron chi connectivity index (χ4n) is 2.80. The van der Waals surface area contributed by atoms with Crippen LogP contribution in [0.25, 0.3) is 0 Å². The van der Waals surface area contributed by atoms with Crippen LogP contribution in [-0.4, -0.2) is 28.7 Å². The van der Waals surface area contributed by atoms with Gasteiger partial charge in [0.1, 0.15) is 5.78 Å². The molecule has 1 fully saturated rings. The Balaban J connectivity index is 1.93. The van der Waals surface area contributed by atoms with Crippen LogP contribution in [0.2, 0.25) is 0 Å². The molecule has 0 aromatic carbocycles. The van der Waals surface area contributed by atoms with Crippen LogP contribution in [0.1, 0.15) is 51.3 Å². The molecule has 1 N–H and O–H groups in total. The Morgan fingerprint density at radius 3 is 2.74 bits per heavy atom. The van der Waals surface area contributed by atoms with Gasteiger partial charge in [-0.1, -0.05) is 13.8 Å². The van der Waals surface area contributed by atoms with Gasteiger partial charge in [-0.3, -0.25) is 9.48 Å². The van der Waals surface area contributed by atoms with Gasteiger partial charge in [0, 0.05) is 12.1 Å². The lowest BCUT2D eigenvalue weighted by Crippen LogP contribution is -2.32. The second-order valence-corrected chi connectivity index (χ2v) is 5.42. The van der Waals surface area contributed by atoms with Crippen LogP contribution in [0.5, 0.6) is 0 Å². The van der Waals surface area contributed by atoms with Gasteiger partial charge in [0.25, 0.3) is 0 Å². The summed E-state index contributed by atoms with van der Waals surface area (Å²) in [6, 6.07) is 2.46. The number of nitrogens with zero attached hydrogens (tertiary/aromatic N) is 2. The Labute approximate surface area is 115 Å². The first-order valence-corrected chi connectivity index (χ1v) is 7.52. The van der Waals surface area contributed by atoms with Gasteiger partial charge < -0.3 is 5.32 Å². The average molecular weight is 263 g/mol. The monoisotopic (exact) mass is 263 g/mol. The highest BCUT2D eigenvalue weighted by molar-refractivity contribution is 5.83. The molecule has 2 heterocycles. The number of Topliss-reactive ketones (excluding diaryl/α,β-unsaturated/α-hetero) is 1. The molecule has 2 rings (SSSR count). The van der Waals surface area contributed by atoms with E-state index in [1.54, 1.807) is 0 Å². The summed E-state index contributed by atoms with van der Waals surface area (Å²) in [6.07, 6.45) is 6.64. The van der Waals surface area contributed by atoms with Crippen LogP contribution in [0.3, 0.4) is 0 Å². The summed E-state index contributed by atoms with van der Waals surface area (Å²) in [5, 5.41) is 7.86. The average Bonchev–Trinajstić information content (AvgIpc) is 2.89. The lowest BCUT2D eigenvalue weighted by molar-refractivity contribution is -0.123. The second-order valence-electron chi connectivity index (χ2n) is 5.42. The van der Waals surface area contributed by atoms with Crippen molar-refractivity contribution in [1.82, 2.24) is 15.1 Å². The van der Waals surface area contributed by atoms with Gasteiger partial charge >= 0.3 is 0 Å². The maximum Gasteiger partial charge on any atom is 0.142 e. The van der Waals surface area contributed by atoms with Crippen molar-refractivity contribution in [1.29, 1.82) is 0 Å².